The summed E-state index contributed by atoms with van der Waals surface area (Å²) < 4.78 is 39.6. The van der Waals surface area contributed by atoms with Crippen LogP contribution in [0, 0.1) is 0 Å². The van der Waals surface area contributed by atoms with Crippen molar-refractivity contribution in [1.29, 1.82) is 0 Å². The van der Waals surface area contributed by atoms with Crippen molar-refractivity contribution in [3.63, 3.8) is 0 Å². The van der Waals surface area contributed by atoms with Gasteiger partial charge in [-0.2, -0.15) is 4.31 Å². The summed E-state index contributed by atoms with van der Waals surface area (Å²) in [6.45, 7) is 2.54. The molecule has 1 atom stereocenters. The quantitative estimate of drug-likeness (QED) is 0.568. The molecule has 2 aliphatic heterocycles. The first-order valence-corrected chi connectivity index (χ1v) is 13.0. The summed E-state index contributed by atoms with van der Waals surface area (Å²) in [5, 5.41) is 2.82. The lowest BCUT2D eigenvalue weighted by Crippen LogP contribution is -2.48. The molecule has 1 fully saturated rings. The number of anilines is 1. The minimum absolute atomic E-state index is 0.115. The molecule has 0 aliphatic carbocycles. The van der Waals surface area contributed by atoms with Crippen molar-refractivity contribution >= 4 is 21.6 Å². The molecular formula is C26H27N3O5S. The summed E-state index contributed by atoms with van der Waals surface area (Å²) in [5.74, 6) is 0.953. The molecule has 182 valence electrons. The SMILES string of the molecule is O=C(NC[C@@H]1COc2ccccc2O1)c1cccc(S(=O)(=O)N2CCN(c3ccccc3)CC2)c1. The van der Waals surface area contributed by atoms with Gasteiger partial charge in [0.1, 0.15) is 12.7 Å². The van der Waals surface area contributed by atoms with Crippen LogP contribution in [0.4, 0.5) is 5.69 Å². The molecule has 2 heterocycles. The highest BCUT2D eigenvalue weighted by atomic mass is 32.2. The van der Waals surface area contributed by atoms with Gasteiger partial charge in [-0.15, -0.1) is 0 Å². The van der Waals surface area contributed by atoms with Crippen molar-refractivity contribution in [2.24, 2.45) is 0 Å². The summed E-state index contributed by atoms with van der Waals surface area (Å²) in [7, 11) is -3.71. The number of hydrogen-bond donors (Lipinski definition) is 1. The van der Waals surface area contributed by atoms with Gasteiger partial charge in [0.15, 0.2) is 11.5 Å². The maximum Gasteiger partial charge on any atom is 0.251 e. The Morgan fingerprint density at radius 2 is 1.60 bits per heavy atom. The number of para-hydroxylation sites is 3. The first-order valence-electron chi connectivity index (χ1n) is 11.6. The molecule has 0 aromatic heterocycles. The topological polar surface area (TPSA) is 88.2 Å². The van der Waals surface area contributed by atoms with Crippen LogP contribution >= 0.6 is 0 Å². The number of nitrogens with zero attached hydrogens (tertiary/aromatic N) is 2. The van der Waals surface area contributed by atoms with Crippen LogP contribution in [0.25, 0.3) is 0 Å². The molecule has 1 saturated heterocycles. The fourth-order valence-electron chi connectivity index (χ4n) is 4.24. The molecule has 35 heavy (non-hydrogen) atoms. The molecule has 3 aromatic rings. The van der Waals surface area contributed by atoms with E-state index in [4.69, 9.17) is 9.47 Å². The Morgan fingerprint density at radius 1 is 0.886 bits per heavy atom. The van der Waals surface area contributed by atoms with Crippen LogP contribution in [0.2, 0.25) is 0 Å². The average molecular weight is 494 g/mol. The molecule has 3 aromatic carbocycles. The molecule has 0 radical (unpaired) electrons. The highest BCUT2D eigenvalue weighted by molar-refractivity contribution is 7.89. The van der Waals surface area contributed by atoms with Gasteiger partial charge < -0.3 is 19.7 Å². The van der Waals surface area contributed by atoms with Gasteiger partial charge in [0, 0.05) is 37.4 Å². The minimum Gasteiger partial charge on any atom is -0.486 e. The Balaban J connectivity index is 1.20. The summed E-state index contributed by atoms with van der Waals surface area (Å²) >= 11 is 0. The van der Waals surface area contributed by atoms with Crippen LogP contribution in [0.1, 0.15) is 10.4 Å². The highest BCUT2D eigenvalue weighted by Gasteiger charge is 2.29. The van der Waals surface area contributed by atoms with Crippen molar-refractivity contribution in [3.05, 3.63) is 84.4 Å². The smallest absolute Gasteiger partial charge is 0.251 e. The zero-order valence-corrected chi connectivity index (χ0v) is 20.0. The molecule has 5 rings (SSSR count). The summed E-state index contributed by atoms with van der Waals surface area (Å²) in [6.07, 6.45) is -0.332. The number of sulfonamides is 1. The van der Waals surface area contributed by atoms with Crippen molar-refractivity contribution in [2.45, 2.75) is 11.0 Å². The van der Waals surface area contributed by atoms with Gasteiger partial charge >= 0.3 is 0 Å². The minimum atomic E-state index is -3.71. The number of carbonyl (C=O) groups excluding carboxylic acids is 1. The van der Waals surface area contributed by atoms with Gasteiger partial charge in [0.2, 0.25) is 10.0 Å². The lowest BCUT2D eigenvalue weighted by Gasteiger charge is -2.35. The Labute approximate surface area is 205 Å². The van der Waals surface area contributed by atoms with E-state index in [1.165, 1.54) is 16.4 Å². The Bertz CT molecular complexity index is 1290. The number of fused-ring (bicyclic) bond motifs is 1. The van der Waals surface area contributed by atoms with Crippen molar-refractivity contribution in [3.8, 4) is 11.5 Å². The average Bonchev–Trinajstić information content (AvgIpc) is 2.92. The van der Waals surface area contributed by atoms with Crippen molar-refractivity contribution < 1.29 is 22.7 Å². The van der Waals surface area contributed by atoms with Crippen LogP contribution in [0.15, 0.2) is 83.8 Å². The van der Waals surface area contributed by atoms with E-state index >= 15 is 0 Å². The van der Waals surface area contributed by atoms with Gasteiger partial charge in [0.05, 0.1) is 11.4 Å². The van der Waals surface area contributed by atoms with Crippen molar-refractivity contribution in [2.75, 3.05) is 44.2 Å². The van der Waals surface area contributed by atoms with E-state index in [9.17, 15) is 13.2 Å². The fraction of sp³-hybridized carbons (Fsp3) is 0.269. The van der Waals surface area contributed by atoms with E-state index in [0.29, 0.717) is 44.3 Å². The number of nitrogens with one attached hydrogen (secondary N) is 1. The van der Waals surface area contributed by atoms with E-state index in [2.05, 4.69) is 10.2 Å². The lowest BCUT2D eigenvalue weighted by atomic mass is 10.2. The van der Waals surface area contributed by atoms with E-state index in [-0.39, 0.29) is 29.0 Å². The Kier molecular flexibility index (Phi) is 6.61. The number of ether oxygens (including phenoxy) is 2. The first-order chi connectivity index (χ1) is 17.0. The van der Waals surface area contributed by atoms with Gasteiger partial charge in [-0.05, 0) is 42.5 Å². The van der Waals surface area contributed by atoms with Gasteiger partial charge in [-0.1, -0.05) is 36.4 Å². The van der Waals surface area contributed by atoms with Gasteiger partial charge in [0.25, 0.3) is 5.91 Å². The fourth-order valence-corrected chi connectivity index (χ4v) is 5.71. The second-order valence-electron chi connectivity index (χ2n) is 8.46. The number of rotatable bonds is 6. The first kappa shape index (κ1) is 23.2. The summed E-state index contributed by atoms with van der Waals surface area (Å²) in [5.41, 5.74) is 1.37. The van der Waals surface area contributed by atoms with Crippen LogP contribution in [0.5, 0.6) is 11.5 Å². The largest absolute Gasteiger partial charge is 0.486 e. The molecule has 1 amide bonds. The molecule has 0 unspecified atom stereocenters. The maximum absolute atomic E-state index is 13.3. The molecule has 1 N–H and O–H groups in total. The second kappa shape index (κ2) is 9.97. The number of piperazine rings is 1. The highest BCUT2D eigenvalue weighted by Crippen LogP contribution is 2.30. The maximum atomic E-state index is 13.3. The third-order valence-electron chi connectivity index (χ3n) is 6.15. The van der Waals surface area contributed by atoms with Crippen LogP contribution in [0.3, 0.4) is 0 Å². The van der Waals surface area contributed by atoms with E-state index < -0.39 is 10.0 Å². The zero-order valence-electron chi connectivity index (χ0n) is 19.2. The molecule has 0 bridgehead atoms. The molecule has 9 heteroatoms. The summed E-state index contributed by atoms with van der Waals surface area (Å²) in [4.78, 5) is 15.1. The monoisotopic (exact) mass is 493 g/mol. The third kappa shape index (κ3) is 5.11. The standard InChI is InChI=1S/C26H27N3O5S/c30-26(27-18-22-19-33-24-11-4-5-12-25(24)34-22)20-7-6-10-23(17-20)35(31,32)29-15-13-28(14-16-29)21-8-2-1-3-9-21/h1-12,17,22H,13-16,18-19H2,(H,27,30)/t22-/m1/s1. The third-order valence-corrected chi connectivity index (χ3v) is 8.05. The molecule has 2 aliphatic rings. The Morgan fingerprint density at radius 3 is 2.37 bits per heavy atom. The normalized spacial score (nSPS) is 18.2. The van der Waals surface area contributed by atoms with Crippen LogP contribution < -0.4 is 19.7 Å². The number of carbonyl (C=O) groups is 1. The van der Waals surface area contributed by atoms with E-state index in [1.54, 1.807) is 12.1 Å². The predicted molar refractivity (Wildman–Crippen MR) is 133 cm³/mol. The number of benzene rings is 3. The molecule has 8 nitrogen and oxygen atoms in total. The molecular weight excluding hydrogens is 466 g/mol. The number of hydrogen-bond acceptors (Lipinski definition) is 6. The van der Waals surface area contributed by atoms with Crippen LogP contribution in [-0.2, 0) is 10.0 Å². The van der Waals surface area contributed by atoms with Gasteiger partial charge in [-0.25, -0.2) is 8.42 Å². The van der Waals surface area contributed by atoms with E-state index in [1.807, 2.05) is 54.6 Å². The van der Waals surface area contributed by atoms with Gasteiger partial charge in [-0.3, -0.25) is 4.79 Å². The van der Waals surface area contributed by atoms with Crippen LogP contribution in [-0.4, -0.2) is 64.1 Å². The lowest BCUT2D eigenvalue weighted by molar-refractivity contribution is 0.0789. The Hall–Kier alpha value is -3.56. The molecule has 0 spiro atoms. The second-order valence-corrected chi connectivity index (χ2v) is 10.4. The number of amides is 1. The van der Waals surface area contributed by atoms with E-state index in [0.717, 1.165) is 5.69 Å². The zero-order chi connectivity index (χ0) is 24.3. The van der Waals surface area contributed by atoms with Crippen molar-refractivity contribution in [1.82, 2.24) is 9.62 Å². The molecule has 0 saturated carbocycles. The summed E-state index contributed by atoms with van der Waals surface area (Å²) in [6, 6.07) is 23.5. The predicted octanol–water partition coefficient (Wildman–Crippen LogP) is 2.77.